The first-order chi connectivity index (χ1) is 6.13. The minimum absolute atomic E-state index is 0.668. The molecular weight excluding hydrogens is 273 g/mol. The molecule has 0 aromatic rings. The Balaban J connectivity index is 2.40. The maximum atomic E-state index is 5.98. The Hall–Kier alpha value is 0.760. The maximum absolute atomic E-state index is 5.98. The van der Waals surface area contributed by atoms with Gasteiger partial charge in [0.1, 0.15) is 0 Å². The van der Waals surface area contributed by atoms with E-state index in [1.807, 2.05) is 0 Å². The summed E-state index contributed by atoms with van der Waals surface area (Å²) in [4.78, 5) is 2.35. The summed E-state index contributed by atoms with van der Waals surface area (Å²) in [5.74, 6) is 0.668. The molecule has 0 spiro atoms. The fourth-order valence-corrected chi connectivity index (χ4v) is 2.01. The molecule has 76 valence electrons. The van der Waals surface area contributed by atoms with Crippen LogP contribution in [0.4, 0.5) is 0 Å². The lowest BCUT2D eigenvalue weighted by Gasteiger charge is -2.28. The van der Waals surface area contributed by atoms with Gasteiger partial charge in [0.05, 0.1) is 0 Å². The Morgan fingerprint density at radius 1 is 1.46 bits per heavy atom. The number of halogens is 3. The van der Waals surface area contributed by atoms with Gasteiger partial charge < -0.3 is 0 Å². The summed E-state index contributed by atoms with van der Waals surface area (Å²) in [5, 5.41) is 2.69. The van der Waals surface area contributed by atoms with E-state index in [-0.39, 0.29) is 0 Å². The van der Waals surface area contributed by atoms with E-state index in [1.165, 1.54) is 0 Å². The highest BCUT2D eigenvalue weighted by atomic mass is 79.9. The van der Waals surface area contributed by atoms with Crippen molar-refractivity contribution in [2.75, 3.05) is 25.0 Å². The Morgan fingerprint density at radius 3 is 2.69 bits per heavy atom. The molecule has 1 nitrogen and oxygen atoms in total. The van der Waals surface area contributed by atoms with Gasteiger partial charge in [-0.1, -0.05) is 46.1 Å². The molecule has 0 aliphatic carbocycles. The average Bonchev–Trinajstić information content (AvgIpc) is 2.11. The zero-order chi connectivity index (χ0) is 9.84. The molecule has 1 unspecified atom stereocenters. The minimum atomic E-state index is 0.668. The number of rotatable bonds is 3. The lowest BCUT2D eigenvalue weighted by molar-refractivity contribution is 0.264. The molecule has 0 radical (unpaired) electrons. The highest BCUT2D eigenvalue weighted by Crippen LogP contribution is 2.24. The van der Waals surface area contributed by atoms with Gasteiger partial charge in [0.15, 0.2) is 0 Å². The third-order valence-electron chi connectivity index (χ3n) is 2.14. The quantitative estimate of drug-likeness (QED) is 0.719. The molecule has 0 aromatic heterocycles. The molecule has 0 fully saturated rings. The van der Waals surface area contributed by atoms with E-state index in [4.69, 9.17) is 23.2 Å². The van der Waals surface area contributed by atoms with E-state index < -0.39 is 0 Å². The van der Waals surface area contributed by atoms with Gasteiger partial charge in [0.25, 0.3) is 0 Å². The van der Waals surface area contributed by atoms with Crippen LogP contribution in [0.25, 0.3) is 0 Å². The normalized spacial score (nSPS) is 22.2. The molecule has 0 aromatic carbocycles. The van der Waals surface area contributed by atoms with Crippen molar-refractivity contribution in [3.63, 3.8) is 0 Å². The van der Waals surface area contributed by atoms with Crippen molar-refractivity contribution in [3.8, 4) is 0 Å². The van der Waals surface area contributed by atoms with Gasteiger partial charge in [-0.05, 0) is 12.3 Å². The molecule has 1 rings (SSSR count). The Bertz CT molecular complexity index is 206. The summed E-state index contributed by atoms with van der Waals surface area (Å²) in [7, 11) is 0. The summed E-state index contributed by atoms with van der Waals surface area (Å²) in [5.41, 5.74) is 0. The van der Waals surface area contributed by atoms with Gasteiger partial charge in [0, 0.05) is 35.0 Å². The predicted octanol–water partition coefficient (Wildman–Crippen LogP) is 3.41. The van der Waals surface area contributed by atoms with Crippen LogP contribution in [0.1, 0.15) is 13.3 Å². The minimum Gasteiger partial charge on any atom is -0.297 e. The summed E-state index contributed by atoms with van der Waals surface area (Å²) in [6.45, 7) is 5.17. The molecule has 0 bridgehead atoms. The van der Waals surface area contributed by atoms with Crippen molar-refractivity contribution in [2.45, 2.75) is 13.3 Å². The highest BCUT2D eigenvalue weighted by Gasteiger charge is 2.17. The van der Waals surface area contributed by atoms with E-state index in [1.54, 1.807) is 0 Å². The Labute approximate surface area is 98.2 Å². The monoisotopic (exact) mass is 285 g/mol. The van der Waals surface area contributed by atoms with E-state index in [0.717, 1.165) is 41.4 Å². The first kappa shape index (κ1) is 11.8. The summed E-state index contributed by atoms with van der Waals surface area (Å²) < 4.78 is 0. The van der Waals surface area contributed by atoms with Crippen LogP contribution in [0.2, 0.25) is 0 Å². The second kappa shape index (κ2) is 5.59. The van der Waals surface area contributed by atoms with Crippen LogP contribution in [0.3, 0.4) is 0 Å². The van der Waals surface area contributed by atoms with E-state index in [9.17, 15) is 0 Å². The molecule has 1 heterocycles. The second-order valence-electron chi connectivity index (χ2n) is 3.55. The molecule has 1 aliphatic rings. The molecule has 1 aliphatic heterocycles. The third kappa shape index (κ3) is 3.78. The summed E-state index contributed by atoms with van der Waals surface area (Å²) in [6, 6.07) is 0. The smallest absolute Gasteiger partial charge is 0.0466 e. The topological polar surface area (TPSA) is 3.24 Å². The fourth-order valence-electron chi connectivity index (χ4n) is 1.40. The predicted molar refractivity (Wildman–Crippen MR) is 62.7 cm³/mol. The number of hydrogen-bond donors (Lipinski definition) is 0. The largest absolute Gasteiger partial charge is 0.297 e. The van der Waals surface area contributed by atoms with Crippen molar-refractivity contribution in [1.82, 2.24) is 4.90 Å². The first-order valence-corrected chi connectivity index (χ1v) is 6.32. The molecule has 0 N–H and O–H groups in total. The van der Waals surface area contributed by atoms with Gasteiger partial charge >= 0.3 is 0 Å². The first-order valence-electron chi connectivity index (χ1n) is 4.44. The molecule has 0 saturated carbocycles. The fraction of sp³-hybridized carbons (Fsp3) is 0.778. The molecule has 0 amide bonds. The van der Waals surface area contributed by atoms with Crippen LogP contribution < -0.4 is 0 Å². The maximum Gasteiger partial charge on any atom is 0.0466 e. The Kier molecular flexibility index (Phi) is 5.09. The zero-order valence-electron chi connectivity index (χ0n) is 7.69. The Morgan fingerprint density at radius 2 is 2.15 bits per heavy atom. The SMILES string of the molecule is CC(CBr)CN1CCC(Cl)=C(Cl)C1. The number of hydrogen-bond acceptors (Lipinski definition) is 1. The molecule has 4 heteroatoms. The molecule has 1 atom stereocenters. The van der Waals surface area contributed by atoms with Crippen LogP contribution in [0.15, 0.2) is 10.1 Å². The van der Waals surface area contributed by atoms with Crippen LogP contribution in [-0.4, -0.2) is 29.9 Å². The van der Waals surface area contributed by atoms with E-state index >= 15 is 0 Å². The summed E-state index contributed by atoms with van der Waals surface area (Å²) >= 11 is 15.4. The van der Waals surface area contributed by atoms with Crippen molar-refractivity contribution in [3.05, 3.63) is 10.1 Å². The van der Waals surface area contributed by atoms with Crippen LogP contribution >= 0.6 is 39.1 Å². The van der Waals surface area contributed by atoms with E-state index in [0.29, 0.717) is 5.92 Å². The molecule has 13 heavy (non-hydrogen) atoms. The lowest BCUT2D eigenvalue weighted by Crippen LogP contribution is -2.34. The van der Waals surface area contributed by atoms with Crippen LogP contribution in [0.5, 0.6) is 0 Å². The lowest BCUT2D eigenvalue weighted by atomic mass is 10.1. The van der Waals surface area contributed by atoms with Gasteiger partial charge in [-0.2, -0.15) is 0 Å². The zero-order valence-corrected chi connectivity index (χ0v) is 10.8. The van der Waals surface area contributed by atoms with Crippen molar-refractivity contribution in [1.29, 1.82) is 0 Å². The van der Waals surface area contributed by atoms with Crippen molar-refractivity contribution >= 4 is 39.1 Å². The highest BCUT2D eigenvalue weighted by molar-refractivity contribution is 9.09. The average molecular weight is 287 g/mol. The van der Waals surface area contributed by atoms with Crippen molar-refractivity contribution in [2.24, 2.45) is 5.92 Å². The van der Waals surface area contributed by atoms with Gasteiger partial charge in [-0.3, -0.25) is 4.90 Å². The van der Waals surface area contributed by atoms with Gasteiger partial charge in [0.2, 0.25) is 0 Å². The van der Waals surface area contributed by atoms with Gasteiger partial charge in [-0.15, -0.1) is 0 Å². The molecular formula is C9H14BrCl2N. The third-order valence-corrected chi connectivity index (χ3v) is 4.10. The molecule has 0 saturated heterocycles. The second-order valence-corrected chi connectivity index (χ2v) is 5.11. The van der Waals surface area contributed by atoms with Gasteiger partial charge in [-0.25, -0.2) is 0 Å². The van der Waals surface area contributed by atoms with Crippen molar-refractivity contribution < 1.29 is 0 Å². The summed E-state index contributed by atoms with van der Waals surface area (Å²) in [6.07, 6.45) is 0.898. The standard InChI is InChI=1S/C9H14BrCl2N/c1-7(4-10)5-13-3-2-8(11)9(12)6-13/h7H,2-6H2,1H3. The van der Waals surface area contributed by atoms with E-state index in [2.05, 4.69) is 27.8 Å². The number of alkyl halides is 1. The van der Waals surface area contributed by atoms with Crippen LogP contribution in [0, 0.1) is 5.92 Å². The van der Waals surface area contributed by atoms with Crippen LogP contribution in [-0.2, 0) is 0 Å². The number of nitrogens with zero attached hydrogens (tertiary/aromatic N) is 1.